The second-order valence-electron chi connectivity index (χ2n) is 6.15. The van der Waals surface area contributed by atoms with Crippen molar-refractivity contribution in [2.24, 2.45) is 0 Å². The van der Waals surface area contributed by atoms with E-state index in [4.69, 9.17) is 4.74 Å². The number of nitrogens with one attached hydrogen (secondary N) is 1. The SMILES string of the molecule is CCC[C@@H](C)NC(=O)COC(=O)c1ccccc1Cc1ccccc1. The number of hydrogen-bond donors (Lipinski definition) is 1. The monoisotopic (exact) mass is 339 g/mol. The van der Waals surface area contributed by atoms with E-state index in [-0.39, 0.29) is 18.6 Å². The van der Waals surface area contributed by atoms with E-state index in [0.717, 1.165) is 24.0 Å². The smallest absolute Gasteiger partial charge is 0.338 e. The first-order valence-corrected chi connectivity index (χ1v) is 8.68. The molecule has 0 saturated heterocycles. The number of hydrogen-bond acceptors (Lipinski definition) is 3. The Kier molecular flexibility index (Phi) is 7.20. The summed E-state index contributed by atoms with van der Waals surface area (Å²) in [5.74, 6) is -0.736. The van der Waals surface area contributed by atoms with Crippen molar-refractivity contribution in [3.63, 3.8) is 0 Å². The highest BCUT2D eigenvalue weighted by Gasteiger charge is 2.15. The molecule has 2 aromatic rings. The van der Waals surface area contributed by atoms with Crippen molar-refractivity contribution in [1.29, 1.82) is 0 Å². The summed E-state index contributed by atoms with van der Waals surface area (Å²) in [6.45, 7) is 3.75. The van der Waals surface area contributed by atoms with E-state index in [1.165, 1.54) is 0 Å². The summed E-state index contributed by atoms with van der Waals surface area (Å²) in [4.78, 5) is 24.2. The number of carbonyl (C=O) groups excluding carboxylic acids is 2. The zero-order valence-electron chi connectivity index (χ0n) is 14.8. The van der Waals surface area contributed by atoms with Gasteiger partial charge in [-0.25, -0.2) is 4.79 Å². The fraction of sp³-hybridized carbons (Fsp3) is 0.333. The van der Waals surface area contributed by atoms with E-state index in [1.54, 1.807) is 12.1 Å². The van der Waals surface area contributed by atoms with Crippen molar-refractivity contribution in [2.45, 2.75) is 39.2 Å². The molecule has 0 saturated carbocycles. The Morgan fingerprint density at radius 3 is 2.44 bits per heavy atom. The highest BCUT2D eigenvalue weighted by atomic mass is 16.5. The van der Waals surface area contributed by atoms with Crippen molar-refractivity contribution in [3.05, 3.63) is 71.3 Å². The number of benzene rings is 2. The predicted octanol–water partition coefficient (Wildman–Crippen LogP) is 3.74. The fourth-order valence-electron chi connectivity index (χ4n) is 2.72. The lowest BCUT2D eigenvalue weighted by atomic mass is 10.00. The minimum absolute atomic E-state index is 0.0848. The number of carbonyl (C=O) groups is 2. The van der Waals surface area contributed by atoms with E-state index in [2.05, 4.69) is 12.2 Å². The Bertz CT molecular complexity index is 697. The molecule has 0 aliphatic carbocycles. The first kappa shape index (κ1) is 18.7. The molecule has 1 atom stereocenters. The quantitative estimate of drug-likeness (QED) is 0.746. The molecule has 0 fully saturated rings. The van der Waals surface area contributed by atoms with Crippen LogP contribution in [0.1, 0.15) is 48.2 Å². The van der Waals surface area contributed by atoms with Crippen LogP contribution in [0.5, 0.6) is 0 Å². The molecule has 2 rings (SSSR count). The Labute approximate surface area is 149 Å². The number of rotatable bonds is 8. The van der Waals surface area contributed by atoms with Crippen LogP contribution in [0, 0.1) is 0 Å². The summed E-state index contributed by atoms with van der Waals surface area (Å²) in [5.41, 5.74) is 2.51. The summed E-state index contributed by atoms with van der Waals surface area (Å²) in [6.07, 6.45) is 2.54. The van der Waals surface area contributed by atoms with Gasteiger partial charge in [-0.3, -0.25) is 4.79 Å². The molecular weight excluding hydrogens is 314 g/mol. The summed E-state index contributed by atoms with van der Waals surface area (Å²) >= 11 is 0. The molecule has 0 aromatic heterocycles. The van der Waals surface area contributed by atoms with Gasteiger partial charge in [0, 0.05) is 6.04 Å². The van der Waals surface area contributed by atoms with Crippen LogP contribution in [-0.2, 0) is 16.0 Å². The molecule has 0 aliphatic heterocycles. The van der Waals surface area contributed by atoms with Crippen molar-refractivity contribution < 1.29 is 14.3 Å². The second-order valence-corrected chi connectivity index (χ2v) is 6.15. The van der Waals surface area contributed by atoms with E-state index in [9.17, 15) is 9.59 Å². The highest BCUT2D eigenvalue weighted by molar-refractivity contribution is 5.92. The second kappa shape index (κ2) is 9.62. The van der Waals surface area contributed by atoms with Crippen LogP contribution in [0.15, 0.2) is 54.6 Å². The van der Waals surface area contributed by atoms with Crippen LogP contribution in [0.3, 0.4) is 0 Å². The van der Waals surface area contributed by atoms with E-state index in [0.29, 0.717) is 12.0 Å². The Morgan fingerprint density at radius 2 is 1.72 bits per heavy atom. The van der Waals surface area contributed by atoms with E-state index >= 15 is 0 Å². The Hall–Kier alpha value is -2.62. The molecule has 132 valence electrons. The third-order valence-corrected chi connectivity index (χ3v) is 3.94. The summed E-state index contributed by atoms with van der Waals surface area (Å²) in [7, 11) is 0. The molecule has 1 N–H and O–H groups in total. The zero-order chi connectivity index (χ0) is 18.1. The summed E-state index contributed by atoms with van der Waals surface area (Å²) < 4.78 is 5.20. The molecule has 1 amide bonds. The molecule has 4 heteroatoms. The van der Waals surface area contributed by atoms with Crippen molar-refractivity contribution in [1.82, 2.24) is 5.32 Å². The predicted molar refractivity (Wildman–Crippen MR) is 98.5 cm³/mol. The maximum absolute atomic E-state index is 12.4. The molecule has 0 radical (unpaired) electrons. The number of amides is 1. The van der Waals surface area contributed by atoms with Gasteiger partial charge in [0.15, 0.2) is 6.61 Å². The van der Waals surface area contributed by atoms with Gasteiger partial charge in [-0.15, -0.1) is 0 Å². The maximum Gasteiger partial charge on any atom is 0.338 e. The van der Waals surface area contributed by atoms with Crippen molar-refractivity contribution in [2.75, 3.05) is 6.61 Å². The van der Waals surface area contributed by atoms with E-state index in [1.807, 2.05) is 49.4 Å². The molecule has 0 heterocycles. The lowest BCUT2D eigenvalue weighted by Crippen LogP contribution is -2.35. The number of esters is 1. The molecule has 4 nitrogen and oxygen atoms in total. The third kappa shape index (κ3) is 6.07. The Balaban J connectivity index is 1.96. The van der Waals surface area contributed by atoms with Crippen LogP contribution in [0.25, 0.3) is 0 Å². The Morgan fingerprint density at radius 1 is 1.04 bits per heavy atom. The average molecular weight is 339 g/mol. The molecule has 0 aliphatic rings. The molecular formula is C21H25NO3. The van der Waals surface area contributed by atoms with Gasteiger partial charge in [-0.05, 0) is 37.0 Å². The van der Waals surface area contributed by atoms with E-state index < -0.39 is 5.97 Å². The van der Waals surface area contributed by atoms with Crippen LogP contribution >= 0.6 is 0 Å². The van der Waals surface area contributed by atoms with Crippen LogP contribution in [0.4, 0.5) is 0 Å². The van der Waals surface area contributed by atoms with Gasteiger partial charge >= 0.3 is 5.97 Å². The minimum atomic E-state index is -0.468. The lowest BCUT2D eigenvalue weighted by Gasteiger charge is -2.13. The van der Waals surface area contributed by atoms with Gasteiger partial charge in [-0.1, -0.05) is 61.9 Å². The minimum Gasteiger partial charge on any atom is -0.452 e. The average Bonchev–Trinajstić information content (AvgIpc) is 2.61. The molecule has 0 spiro atoms. The standard InChI is InChI=1S/C21H25NO3/c1-3-9-16(2)22-20(23)15-25-21(24)19-13-8-7-12-18(19)14-17-10-5-4-6-11-17/h4-8,10-13,16H,3,9,14-15H2,1-2H3,(H,22,23)/t16-/m1/s1. The zero-order valence-corrected chi connectivity index (χ0v) is 14.8. The van der Waals surface area contributed by atoms with Gasteiger partial charge in [-0.2, -0.15) is 0 Å². The van der Waals surface area contributed by atoms with Crippen LogP contribution in [-0.4, -0.2) is 24.5 Å². The normalized spacial score (nSPS) is 11.6. The molecule has 2 aromatic carbocycles. The topological polar surface area (TPSA) is 55.4 Å². The fourth-order valence-corrected chi connectivity index (χ4v) is 2.72. The highest BCUT2D eigenvalue weighted by Crippen LogP contribution is 2.15. The first-order chi connectivity index (χ1) is 12.1. The first-order valence-electron chi connectivity index (χ1n) is 8.68. The molecule has 0 unspecified atom stereocenters. The maximum atomic E-state index is 12.4. The van der Waals surface area contributed by atoms with Crippen LogP contribution < -0.4 is 5.32 Å². The summed E-state index contributed by atoms with van der Waals surface area (Å²) in [5, 5.41) is 2.83. The molecule has 0 bridgehead atoms. The third-order valence-electron chi connectivity index (χ3n) is 3.94. The van der Waals surface area contributed by atoms with Gasteiger partial charge < -0.3 is 10.1 Å². The van der Waals surface area contributed by atoms with Gasteiger partial charge in [0.2, 0.25) is 0 Å². The van der Waals surface area contributed by atoms with Crippen LogP contribution in [0.2, 0.25) is 0 Å². The van der Waals surface area contributed by atoms with Crippen molar-refractivity contribution >= 4 is 11.9 Å². The number of ether oxygens (including phenoxy) is 1. The van der Waals surface area contributed by atoms with Crippen molar-refractivity contribution in [3.8, 4) is 0 Å². The molecule has 25 heavy (non-hydrogen) atoms. The van der Waals surface area contributed by atoms with Gasteiger partial charge in [0.05, 0.1) is 5.56 Å². The summed E-state index contributed by atoms with van der Waals surface area (Å²) in [6, 6.07) is 17.4. The lowest BCUT2D eigenvalue weighted by molar-refractivity contribution is -0.124. The van der Waals surface area contributed by atoms with Gasteiger partial charge in [0.1, 0.15) is 0 Å². The van der Waals surface area contributed by atoms with Gasteiger partial charge in [0.25, 0.3) is 5.91 Å². The largest absolute Gasteiger partial charge is 0.452 e.